The number of Topliss-reactive ketones (excluding diaryl/α,β-unsaturated/α-hetero) is 1. The molecule has 0 unspecified atom stereocenters. The summed E-state index contributed by atoms with van der Waals surface area (Å²) < 4.78 is 4.65. The first-order valence-corrected chi connectivity index (χ1v) is 5.19. The second-order valence-electron chi connectivity index (χ2n) is 3.46. The number of amides is 1. The zero-order valence-electron chi connectivity index (χ0n) is 8.70. The standard InChI is InChI=1S/C11H10ClNO3/c1-16-11(15)13-5-4-10(14)8-6-7(12)2-3-9(8)13/h2-3,6H,4-5H2,1H3. The van der Waals surface area contributed by atoms with Gasteiger partial charge in [-0.1, -0.05) is 11.6 Å². The maximum absolute atomic E-state index is 11.7. The van der Waals surface area contributed by atoms with Crippen molar-refractivity contribution >= 4 is 29.2 Å². The van der Waals surface area contributed by atoms with Crippen LogP contribution in [0.2, 0.25) is 5.02 Å². The van der Waals surface area contributed by atoms with Crippen molar-refractivity contribution in [1.29, 1.82) is 0 Å². The minimum absolute atomic E-state index is 0.00217. The summed E-state index contributed by atoms with van der Waals surface area (Å²) in [6.45, 7) is 0.347. The first-order chi connectivity index (χ1) is 7.63. The molecule has 5 heteroatoms. The Morgan fingerprint density at radius 2 is 2.25 bits per heavy atom. The number of hydrogen-bond acceptors (Lipinski definition) is 3. The monoisotopic (exact) mass is 239 g/mol. The van der Waals surface area contributed by atoms with E-state index in [9.17, 15) is 9.59 Å². The largest absolute Gasteiger partial charge is 0.452 e. The summed E-state index contributed by atoms with van der Waals surface area (Å²) >= 11 is 5.82. The number of rotatable bonds is 0. The molecule has 0 bridgehead atoms. The molecular formula is C11H10ClNO3. The Hall–Kier alpha value is -1.55. The summed E-state index contributed by atoms with van der Waals surface area (Å²) in [6.07, 6.45) is -0.168. The quantitative estimate of drug-likeness (QED) is 0.699. The van der Waals surface area contributed by atoms with Crippen molar-refractivity contribution in [1.82, 2.24) is 0 Å². The zero-order chi connectivity index (χ0) is 11.7. The molecule has 2 rings (SSSR count). The Bertz CT molecular complexity index is 459. The third-order valence-corrected chi connectivity index (χ3v) is 2.74. The fraction of sp³-hybridized carbons (Fsp3) is 0.273. The summed E-state index contributed by atoms with van der Waals surface area (Å²) in [5.41, 5.74) is 1.04. The van der Waals surface area contributed by atoms with Crippen molar-refractivity contribution in [2.24, 2.45) is 0 Å². The lowest BCUT2D eigenvalue weighted by Gasteiger charge is -2.27. The van der Waals surface area contributed by atoms with Crippen LogP contribution in [0.4, 0.5) is 10.5 Å². The average molecular weight is 240 g/mol. The second kappa shape index (κ2) is 4.14. The van der Waals surface area contributed by atoms with Gasteiger partial charge in [0.25, 0.3) is 0 Å². The smallest absolute Gasteiger partial charge is 0.414 e. The van der Waals surface area contributed by atoms with Gasteiger partial charge in [-0.25, -0.2) is 4.79 Å². The van der Waals surface area contributed by atoms with Gasteiger partial charge in [0.15, 0.2) is 5.78 Å². The molecule has 0 aromatic heterocycles. The van der Waals surface area contributed by atoms with Crippen LogP contribution < -0.4 is 4.90 Å². The highest BCUT2D eigenvalue weighted by atomic mass is 35.5. The van der Waals surface area contributed by atoms with Gasteiger partial charge in [0.1, 0.15) is 0 Å². The Balaban J connectivity index is 2.48. The number of ketones is 1. The molecule has 16 heavy (non-hydrogen) atoms. The average Bonchev–Trinajstić information content (AvgIpc) is 2.29. The lowest BCUT2D eigenvalue weighted by Crippen LogP contribution is -2.37. The predicted octanol–water partition coefficient (Wildman–Crippen LogP) is 2.50. The molecule has 0 spiro atoms. The molecule has 1 amide bonds. The van der Waals surface area contributed by atoms with Crippen molar-refractivity contribution in [3.05, 3.63) is 28.8 Å². The molecule has 0 radical (unpaired) electrons. The van der Waals surface area contributed by atoms with Gasteiger partial charge in [-0.2, -0.15) is 0 Å². The van der Waals surface area contributed by atoms with Crippen molar-refractivity contribution < 1.29 is 14.3 Å². The lowest BCUT2D eigenvalue weighted by atomic mass is 10.0. The van der Waals surface area contributed by atoms with Gasteiger partial charge in [-0.15, -0.1) is 0 Å². The van der Waals surface area contributed by atoms with Crippen molar-refractivity contribution in [2.75, 3.05) is 18.6 Å². The Morgan fingerprint density at radius 1 is 1.50 bits per heavy atom. The van der Waals surface area contributed by atoms with Crippen LogP contribution in [0.25, 0.3) is 0 Å². The fourth-order valence-electron chi connectivity index (χ4n) is 1.74. The molecule has 1 aliphatic rings. The predicted molar refractivity (Wildman–Crippen MR) is 60.2 cm³/mol. The van der Waals surface area contributed by atoms with Crippen molar-refractivity contribution in [3.63, 3.8) is 0 Å². The van der Waals surface area contributed by atoms with E-state index in [-0.39, 0.29) is 5.78 Å². The van der Waals surface area contributed by atoms with Gasteiger partial charge in [0.05, 0.1) is 12.8 Å². The number of benzene rings is 1. The molecule has 0 saturated heterocycles. The highest BCUT2D eigenvalue weighted by molar-refractivity contribution is 6.31. The van der Waals surface area contributed by atoms with Crippen LogP contribution in [0, 0.1) is 0 Å². The molecular weight excluding hydrogens is 230 g/mol. The van der Waals surface area contributed by atoms with Gasteiger partial charge in [0.2, 0.25) is 0 Å². The van der Waals surface area contributed by atoms with Crippen LogP contribution in [-0.2, 0) is 4.74 Å². The maximum atomic E-state index is 11.7. The molecule has 0 fully saturated rings. The Kier molecular flexibility index (Phi) is 2.83. The summed E-state index contributed by atoms with van der Waals surface area (Å²) in [7, 11) is 1.31. The van der Waals surface area contributed by atoms with E-state index in [2.05, 4.69) is 4.74 Å². The number of methoxy groups -OCH3 is 1. The number of nitrogens with zero attached hydrogens (tertiary/aromatic N) is 1. The van der Waals surface area contributed by atoms with E-state index in [1.807, 2.05) is 0 Å². The third kappa shape index (κ3) is 1.76. The molecule has 4 nitrogen and oxygen atoms in total. The van der Waals surface area contributed by atoms with Gasteiger partial charge in [-0.05, 0) is 18.2 Å². The van der Waals surface area contributed by atoms with Gasteiger partial charge in [0, 0.05) is 23.6 Å². The Morgan fingerprint density at radius 3 is 2.94 bits per heavy atom. The number of anilines is 1. The molecule has 1 heterocycles. The van der Waals surface area contributed by atoms with Crippen LogP contribution in [0.5, 0.6) is 0 Å². The zero-order valence-corrected chi connectivity index (χ0v) is 9.45. The number of hydrogen-bond donors (Lipinski definition) is 0. The topological polar surface area (TPSA) is 46.6 Å². The highest BCUT2D eigenvalue weighted by Gasteiger charge is 2.27. The van der Waals surface area contributed by atoms with Gasteiger partial charge < -0.3 is 4.74 Å². The molecule has 1 aromatic carbocycles. The van der Waals surface area contributed by atoms with E-state index in [1.54, 1.807) is 18.2 Å². The van der Waals surface area contributed by atoms with Gasteiger partial charge in [-0.3, -0.25) is 9.69 Å². The third-order valence-electron chi connectivity index (χ3n) is 2.51. The molecule has 84 valence electrons. The van der Waals surface area contributed by atoms with Crippen molar-refractivity contribution in [2.45, 2.75) is 6.42 Å². The first-order valence-electron chi connectivity index (χ1n) is 4.81. The van der Waals surface area contributed by atoms with Crippen LogP contribution in [0.1, 0.15) is 16.8 Å². The summed E-state index contributed by atoms with van der Waals surface area (Å²) in [5, 5.41) is 0.485. The van der Waals surface area contributed by atoms with Crippen LogP contribution >= 0.6 is 11.6 Å². The van der Waals surface area contributed by atoms with Crippen LogP contribution in [-0.4, -0.2) is 25.5 Å². The van der Waals surface area contributed by atoms with Crippen LogP contribution in [0.15, 0.2) is 18.2 Å². The van der Waals surface area contributed by atoms with E-state index in [1.165, 1.54) is 12.0 Å². The van der Waals surface area contributed by atoms with E-state index in [0.29, 0.717) is 29.2 Å². The van der Waals surface area contributed by atoms with Crippen LogP contribution in [0.3, 0.4) is 0 Å². The first kappa shape index (κ1) is 11.0. The Labute approximate surface area is 97.7 Å². The number of ether oxygens (including phenoxy) is 1. The number of carbonyl (C=O) groups is 2. The summed E-state index contributed by atoms with van der Waals surface area (Å²) in [6, 6.07) is 4.88. The van der Waals surface area contributed by atoms with E-state index >= 15 is 0 Å². The molecule has 0 saturated carbocycles. The minimum atomic E-state index is -0.462. The minimum Gasteiger partial charge on any atom is -0.452 e. The summed E-state index contributed by atoms with van der Waals surface area (Å²) in [5.74, 6) is -0.00217. The molecule has 0 N–H and O–H groups in total. The second-order valence-corrected chi connectivity index (χ2v) is 3.89. The molecule has 0 aliphatic carbocycles. The lowest BCUT2D eigenvalue weighted by molar-refractivity contribution is 0.0979. The molecule has 1 aromatic rings. The number of fused-ring (bicyclic) bond motifs is 1. The van der Waals surface area contributed by atoms with Crippen molar-refractivity contribution in [3.8, 4) is 0 Å². The van der Waals surface area contributed by atoms with E-state index in [4.69, 9.17) is 11.6 Å². The number of halogens is 1. The fourth-order valence-corrected chi connectivity index (χ4v) is 1.91. The highest BCUT2D eigenvalue weighted by Crippen LogP contribution is 2.29. The molecule has 0 atom stereocenters. The normalized spacial score (nSPS) is 14.6. The van der Waals surface area contributed by atoms with E-state index < -0.39 is 6.09 Å². The number of carbonyl (C=O) groups excluding carboxylic acids is 2. The SMILES string of the molecule is COC(=O)N1CCC(=O)c2cc(Cl)ccc21. The summed E-state index contributed by atoms with van der Waals surface area (Å²) in [4.78, 5) is 24.6. The molecule has 1 aliphatic heterocycles. The van der Waals surface area contributed by atoms with E-state index in [0.717, 1.165) is 0 Å². The van der Waals surface area contributed by atoms with Gasteiger partial charge >= 0.3 is 6.09 Å². The maximum Gasteiger partial charge on any atom is 0.414 e.